The van der Waals surface area contributed by atoms with Crippen LogP contribution in [0, 0.1) is 0 Å². The van der Waals surface area contributed by atoms with Crippen molar-refractivity contribution >= 4 is 11.8 Å². The van der Waals surface area contributed by atoms with Crippen LogP contribution in [0.15, 0.2) is 0 Å². The van der Waals surface area contributed by atoms with Gasteiger partial charge in [0.1, 0.15) is 0 Å². The van der Waals surface area contributed by atoms with Crippen LogP contribution in [0.5, 0.6) is 0 Å². The van der Waals surface area contributed by atoms with Crippen molar-refractivity contribution in [3.8, 4) is 0 Å². The van der Waals surface area contributed by atoms with Crippen LogP contribution in [0.25, 0.3) is 0 Å². The number of carbonyl (C=O) groups excluding carboxylic acids is 2. The van der Waals surface area contributed by atoms with E-state index >= 15 is 0 Å². The molecule has 0 saturated carbocycles. The number of nitrogens with one attached hydrogen (secondary N) is 1. The Morgan fingerprint density at radius 1 is 1.43 bits per heavy atom. The molecule has 14 heavy (non-hydrogen) atoms. The summed E-state index contributed by atoms with van der Waals surface area (Å²) in [5, 5.41) is 2.21. The number of hydrogen-bond acceptors (Lipinski definition) is 3. The van der Waals surface area contributed by atoms with E-state index in [1.165, 1.54) is 6.92 Å². The Labute approximate surface area is 85.0 Å². The molecule has 4 heteroatoms. The molecule has 4 nitrogen and oxygen atoms in total. The quantitative estimate of drug-likeness (QED) is 0.658. The molecule has 0 aromatic rings. The maximum absolute atomic E-state index is 11.0. The number of carbonyl (C=O) groups is 2. The molecule has 1 unspecified atom stereocenters. The molecule has 0 aliphatic heterocycles. The average molecular weight is 201 g/mol. The van der Waals surface area contributed by atoms with Gasteiger partial charge in [-0.2, -0.15) is 0 Å². The molecule has 0 radical (unpaired) electrons. The summed E-state index contributed by atoms with van der Waals surface area (Å²) < 4.78 is 5.38. The number of rotatable bonds is 6. The van der Waals surface area contributed by atoms with Crippen molar-refractivity contribution in [2.75, 3.05) is 6.61 Å². The van der Waals surface area contributed by atoms with E-state index < -0.39 is 0 Å². The summed E-state index contributed by atoms with van der Waals surface area (Å²) in [4.78, 5) is 21.5. The minimum absolute atomic E-state index is 0.231. The second kappa shape index (κ2) is 7.50. The van der Waals surface area contributed by atoms with Crippen molar-refractivity contribution in [2.24, 2.45) is 0 Å². The molecule has 0 aliphatic carbocycles. The third kappa shape index (κ3) is 7.73. The average Bonchev–Trinajstić information content (AvgIpc) is 2.10. The van der Waals surface area contributed by atoms with E-state index in [0.29, 0.717) is 19.4 Å². The normalized spacial score (nSPS) is 12.2. The third-order valence-corrected chi connectivity index (χ3v) is 1.84. The van der Waals surface area contributed by atoms with E-state index in [-0.39, 0.29) is 17.9 Å². The van der Waals surface area contributed by atoms with Gasteiger partial charge in [0.05, 0.1) is 6.10 Å². The number of ether oxygens (including phenoxy) is 1. The number of amides is 2. The van der Waals surface area contributed by atoms with E-state index in [4.69, 9.17) is 4.74 Å². The monoisotopic (exact) mass is 201 g/mol. The van der Waals surface area contributed by atoms with Crippen molar-refractivity contribution in [3.05, 3.63) is 0 Å². The SMILES string of the molecule is CCC(C)OCCCC(=O)NC(C)=O. The lowest BCUT2D eigenvalue weighted by Gasteiger charge is -2.09. The molecule has 0 aromatic carbocycles. The molecule has 1 N–H and O–H groups in total. The largest absolute Gasteiger partial charge is 0.379 e. The van der Waals surface area contributed by atoms with Crippen molar-refractivity contribution < 1.29 is 14.3 Å². The first-order valence-corrected chi connectivity index (χ1v) is 4.98. The molecule has 0 spiro atoms. The Morgan fingerprint density at radius 3 is 2.57 bits per heavy atom. The number of hydrogen-bond donors (Lipinski definition) is 1. The highest BCUT2D eigenvalue weighted by atomic mass is 16.5. The summed E-state index contributed by atoms with van der Waals surface area (Å²) >= 11 is 0. The summed E-state index contributed by atoms with van der Waals surface area (Å²) in [5.74, 6) is -0.539. The van der Waals surface area contributed by atoms with Gasteiger partial charge in [-0.05, 0) is 19.8 Å². The highest BCUT2D eigenvalue weighted by molar-refractivity contribution is 5.93. The van der Waals surface area contributed by atoms with Crippen LogP contribution in [0.1, 0.15) is 40.0 Å². The molecule has 0 fully saturated rings. The summed E-state index contributed by atoms with van der Waals surface area (Å²) in [6.07, 6.45) is 2.21. The molecule has 1 atom stereocenters. The first-order chi connectivity index (χ1) is 6.56. The smallest absolute Gasteiger partial charge is 0.226 e. The minimum Gasteiger partial charge on any atom is -0.379 e. The van der Waals surface area contributed by atoms with Gasteiger partial charge in [0.2, 0.25) is 11.8 Å². The van der Waals surface area contributed by atoms with Crippen molar-refractivity contribution in [1.82, 2.24) is 5.32 Å². The van der Waals surface area contributed by atoms with Gasteiger partial charge in [0.25, 0.3) is 0 Å². The van der Waals surface area contributed by atoms with Gasteiger partial charge < -0.3 is 4.74 Å². The molecule has 0 aliphatic rings. The molecule has 0 heterocycles. The van der Waals surface area contributed by atoms with Gasteiger partial charge in [-0.15, -0.1) is 0 Å². The lowest BCUT2D eigenvalue weighted by atomic mass is 10.3. The summed E-state index contributed by atoms with van der Waals surface area (Å²) in [5.41, 5.74) is 0. The van der Waals surface area contributed by atoms with E-state index in [9.17, 15) is 9.59 Å². The fourth-order valence-electron chi connectivity index (χ4n) is 0.894. The van der Waals surface area contributed by atoms with E-state index in [2.05, 4.69) is 5.32 Å². The van der Waals surface area contributed by atoms with Gasteiger partial charge in [-0.1, -0.05) is 6.92 Å². The molecule has 2 amide bonds. The lowest BCUT2D eigenvalue weighted by molar-refractivity contribution is -0.129. The Bertz CT molecular complexity index is 192. The summed E-state index contributed by atoms with van der Waals surface area (Å²) in [6.45, 7) is 5.94. The third-order valence-electron chi connectivity index (χ3n) is 1.84. The van der Waals surface area contributed by atoms with Gasteiger partial charge in [-0.3, -0.25) is 14.9 Å². The standard InChI is InChI=1S/C10H19NO3/c1-4-8(2)14-7-5-6-10(13)11-9(3)12/h8H,4-7H2,1-3H3,(H,11,12,13). The van der Waals surface area contributed by atoms with E-state index in [1.807, 2.05) is 13.8 Å². The van der Waals surface area contributed by atoms with Crippen LogP contribution in [0.2, 0.25) is 0 Å². The molecule has 0 rings (SSSR count). The fourth-order valence-corrected chi connectivity index (χ4v) is 0.894. The zero-order chi connectivity index (χ0) is 11.0. The second-order valence-electron chi connectivity index (χ2n) is 3.30. The van der Waals surface area contributed by atoms with Crippen molar-refractivity contribution in [1.29, 1.82) is 0 Å². The van der Waals surface area contributed by atoms with Crippen LogP contribution < -0.4 is 5.32 Å². The minimum atomic E-state index is -0.308. The predicted octanol–water partition coefficient (Wildman–Crippen LogP) is 1.24. The molecule has 0 aromatic heterocycles. The van der Waals surface area contributed by atoms with Gasteiger partial charge >= 0.3 is 0 Å². The van der Waals surface area contributed by atoms with Crippen molar-refractivity contribution in [2.45, 2.75) is 46.1 Å². The lowest BCUT2D eigenvalue weighted by Crippen LogP contribution is -2.27. The maximum atomic E-state index is 11.0. The second-order valence-corrected chi connectivity index (χ2v) is 3.30. The topological polar surface area (TPSA) is 55.4 Å². The zero-order valence-corrected chi connectivity index (χ0v) is 9.13. The molecular weight excluding hydrogens is 182 g/mol. The highest BCUT2D eigenvalue weighted by Crippen LogP contribution is 1.98. The van der Waals surface area contributed by atoms with Crippen LogP contribution >= 0.6 is 0 Å². The van der Waals surface area contributed by atoms with Crippen LogP contribution in [0.4, 0.5) is 0 Å². The first kappa shape index (κ1) is 13.1. The Hall–Kier alpha value is -0.900. The predicted molar refractivity (Wildman–Crippen MR) is 53.8 cm³/mol. The van der Waals surface area contributed by atoms with Crippen molar-refractivity contribution in [3.63, 3.8) is 0 Å². The fraction of sp³-hybridized carbons (Fsp3) is 0.800. The first-order valence-electron chi connectivity index (χ1n) is 4.98. The van der Waals surface area contributed by atoms with Crippen LogP contribution in [-0.2, 0) is 14.3 Å². The zero-order valence-electron chi connectivity index (χ0n) is 9.13. The highest BCUT2D eigenvalue weighted by Gasteiger charge is 2.03. The van der Waals surface area contributed by atoms with Crippen LogP contribution in [-0.4, -0.2) is 24.5 Å². The summed E-state index contributed by atoms with van der Waals surface area (Å²) in [6, 6.07) is 0. The van der Waals surface area contributed by atoms with Crippen LogP contribution in [0.3, 0.4) is 0 Å². The maximum Gasteiger partial charge on any atom is 0.226 e. The van der Waals surface area contributed by atoms with E-state index in [0.717, 1.165) is 6.42 Å². The molecule has 82 valence electrons. The Morgan fingerprint density at radius 2 is 2.07 bits per heavy atom. The van der Waals surface area contributed by atoms with Gasteiger partial charge in [-0.25, -0.2) is 0 Å². The summed E-state index contributed by atoms with van der Waals surface area (Å²) in [7, 11) is 0. The van der Waals surface area contributed by atoms with Gasteiger partial charge in [0.15, 0.2) is 0 Å². The molecular formula is C10H19NO3. The molecule has 0 saturated heterocycles. The Kier molecular flexibility index (Phi) is 7.02. The number of imide groups is 1. The van der Waals surface area contributed by atoms with Gasteiger partial charge in [0, 0.05) is 20.0 Å². The molecule has 0 bridgehead atoms. The van der Waals surface area contributed by atoms with E-state index in [1.54, 1.807) is 0 Å². The Balaban J connectivity index is 3.36.